The molecule has 2 N–H and O–H groups in total. The molecule has 0 saturated heterocycles. The number of hydrogen-bond acceptors (Lipinski definition) is 8. The van der Waals surface area contributed by atoms with Gasteiger partial charge in [-0.1, -0.05) is 25.2 Å². The molecule has 8 nitrogen and oxygen atoms in total. The van der Waals surface area contributed by atoms with E-state index in [0.29, 0.717) is 17.3 Å². The average Bonchev–Trinajstić information content (AvgIpc) is 3.32. The number of carbonyl (C=O) groups excluding carboxylic acids is 1. The van der Waals surface area contributed by atoms with Gasteiger partial charge in [0.15, 0.2) is 5.13 Å². The van der Waals surface area contributed by atoms with Crippen LogP contribution < -0.4 is 14.8 Å². The molecule has 11 heteroatoms. The second kappa shape index (κ2) is 9.34. The third-order valence-corrected chi connectivity index (χ3v) is 8.26. The molecule has 0 spiro atoms. The summed E-state index contributed by atoms with van der Waals surface area (Å²) in [5.74, 6) is 0.338. The van der Waals surface area contributed by atoms with E-state index in [4.69, 9.17) is 4.74 Å². The predicted octanol–water partition coefficient (Wildman–Crippen LogP) is 4.55. The van der Waals surface area contributed by atoms with Crippen LogP contribution in [-0.4, -0.2) is 37.4 Å². The molecular weight excluding hydrogens is 480 g/mol. The Bertz CT molecular complexity index is 1430. The minimum Gasteiger partial charge on any atom is -0.497 e. The lowest BCUT2D eigenvalue weighted by atomic mass is 10.0. The third kappa shape index (κ3) is 5.32. The number of amides is 1. The summed E-state index contributed by atoms with van der Waals surface area (Å²) < 4.78 is 35.7. The summed E-state index contributed by atoms with van der Waals surface area (Å²) in [7, 11) is -2.34. The summed E-state index contributed by atoms with van der Waals surface area (Å²) in [6, 6.07) is 9.28. The largest absolute Gasteiger partial charge is 0.497 e. The van der Waals surface area contributed by atoms with Crippen molar-refractivity contribution in [3.63, 3.8) is 0 Å². The van der Waals surface area contributed by atoms with Crippen LogP contribution in [0.1, 0.15) is 25.3 Å². The highest BCUT2D eigenvalue weighted by molar-refractivity contribution is 7.89. The number of sulfonamides is 1. The SMILES string of the molecule is COc1ccc2nc(NC(=O)[C@H](CC(C)C)NS(=O)(=O)c3ccc4nc(C)sc4c3)sc2c1. The molecular formula is C22H24N4O4S3. The number of carbonyl (C=O) groups is 1. The molecule has 174 valence electrons. The molecule has 2 aromatic carbocycles. The Hall–Kier alpha value is -2.60. The van der Waals surface area contributed by atoms with Crippen molar-refractivity contribution in [2.75, 3.05) is 12.4 Å². The van der Waals surface area contributed by atoms with Gasteiger partial charge in [0.05, 0.1) is 37.4 Å². The average molecular weight is 505 g/mol. The first-order valence-electron chi connectivity index (χ1n) is 10.3. The van der Waals surface area contributed by atoms with Gasteiger partial charge in [-0.3, -0.25) is 4.79 Å². The Morgan fingerprint density at radius 3 is 2.48 bits per heavy atom. The molecule has 0 saturated carbocycles. The quantitative estimate of drug-likeness (QED) is 0.364. The Morgan fingerprint density at radius 2 is 1.76 bits per heavy atom. The monoisotopic (exact) mass is 504 g/mol. The van der Waals surface area contributed by atoms with Crippen molar-refractivity contribution in [3.05, 3.63) is 41.4 Å². The summed E-state index contributed by atoms with van der Waals surface area (Å²) in [6.45, 7) is 5.74. The van der Waals surface area contributed by atoms with E-state index >= 15 is 0 Å². The number of fused-ring (bicyclic) bond motifs is 2. The molecule has 0 aliphatic rings. The number of ether oxygens (including phenoxy) is 1. The van der Waals surface area contributed by atoms with Crippen LogP contribution in [0, 0.1) is 12.8 Å². The zero-order valence-electron chi connectivity index (χ0n) is 18.6. The molecule has 0 bridgehead atoms. The van der Waals surface area contributed by atoms with E-state index in [2.05, 4.69) is 20.0 Å². The van der Waals surface area contributed by atoms with Gasteiger partial charge in [-0.25, -0.2) is 18.4 Å². The second-order valence-electron chi connectivity index (χ2n) is 8.01. The van der Waals surface area contributed by atoms with Crippen LogP contribution in [0.15, 0.2) is 41.3 Å². The third-order valence-electron chi connectivity index (χ3n) is 4.92. The summed E-state index contributed by atoms with van der Waals surface area (Å²) in [6.07, 6.45) is 0.339. The number of benzene rings is 2. The van der Waals surface area contributed by atoms with E-state index in [0.717, 1.165) is 25.4 Å². The van der Waals surface area contributed by atoms with Crippen molar-refractivity contribution in [1.82, 2.24) is 14.7 Å². The molecule has 4 aromatic rings. The van der Waals surface area contributed by atoms with Gasteiger partial charge in [-0.05, 0) is 55.7 Å². The Balaban J connectivity index is 1.56. The van der Waals surface area contributed by atoms with Gasteiger partial charge >= 0.3 is 0 Å². The Labute approximate surface area is 200 Å². The number of hydrogen-bond donors (Lipinski definition) is 2. The normalized spacial score (nSPS) is 13.0. The highest BCUT2D eigenvalue weighted by Crippen LogP contribution is 2.30. The topological polar surface area (TPSA) is 110 Å². The standard InChI is InChI=1S/C22H24N4O4S3/c1-12(2)9-18(21(27)25-22-24-17-7-5-14(30-4)10-19(17)32-22)26-33(28,29)15-6-8-16-20(11-15)31-13(3)23-16/h5-8,10-12,18,26H,9H2,1-4H3,(H,24,25,27)/t18-/m0/s1. The summed E-state index contributed by atoms with van der Waals surface area (Å²) in [4.78, 5) is 22.0. The van der Waals surface area contributed by atoms with Crippen molar-refractivity contribution in [2.24, 2.45) is 5.92 Å². The minimum atomic E-state index is -3.92. The maximum absolute atomic E-state index is 13.1. The first-order chi connectivity index (χ1) is 15.6. The lowest BCUT2D eigenvalue weighted by molar-refractivity contribution is -0.118. The fourth-order valence-corrected chi connectivity index (χ4v) is 6.47. The van der Waals surface area contributed by atoms with Crippen LogP contribution >= 0.6 is 22.7 Å². The molecule has 1 atom stereocenters. The molecule has 0 aliphatic carbocycles. The summed E-state index contributed by atoms with van der Waals surface area (Å²) in [5.41, 5.74) is 1.48. The number of nitrogens with zero attached hydrogens (tertiary/aromatic N) is 2. The molecule has 0 fully saturated rings. The lowest BCUT2D eigenvalue weighted by Crippen LogP contribution is -2.44. The fourth-order valence-electron chi connectivity index (χ4n) is 3.40. The van der Waals surface area contributed by atoms with Crippen molar-refractivity contribution in [3.8, 4) is 5.75 Å². The summed E-state index contributed by atoms with van der Waals surface area (Å²) in [5, 5.41) is 4.03. The van der Waals surface area contributed by atoms with Crippen molar-refractivity contribution < 1.29 is 17.9 Å². The van der Waals surface area contributed by atoms with Gasteiger partial charge < -0.3 is 10.1 Å². The maximum Gasteiger partial charge on any atom is 0.244 e. The minimum absolute atomic E-state index is 0.0923. The van der Waals surface area contributed by atoms with Crippen LogP contribution in [0.2, 0.25) is 0 Å². The van der Waals surface area contributed by atoms with E-state index in [9.17, 15) is 13.2 Å². The first kappa shape index (κ1) is 23.6. The van der Waals surface area contributed by atoms with Crippen LogP contribution in [0.3, 0.4) is 0 Å². The summed E-state index contributed by atoms with van der Waals surface area (Å²) >= 11 is 2.73. The number of aromatic nitrogens is 2. The van der Waals surface area contributed by atoms with Crippen LogP contribution in [-0.2, 0) is 14.8 Å². The first-order valence-corrected chi connectivity index (χ1v) is 13.4. The molecule has 0 radical (unpaired) electrons. The maximum atomic E-state index is 13.1. The van der Waals surface area contributed by atoms with Gasteiger partial charge in [-0.2, -0.15) is 4.72 Å². The predicted molar refractivity (Wildman–Crippen MR) is 133 cm³/mol. The molecule has 0 unspecified atom stereocenters. The van der Waals surface area contributed by atoms with Gasteiger partial charge in [0.1, 0.15) is 11.8 Å². The fraction of sp³-hybridized carbons (Fsp3) is 0.318. The highest BCUT2D eigenvalue weighted by atomic mass is 32.2. The van der Waals surface area contributed by atoms with Crippen molar-refractivity contribution in [1.29, 1.82) is 0 Å². The van der Waals surface area contributed by atoms with E-state index in [1.165, 1.54) is 28.7 Å². The number of anilines is 1. The van der Waals surface area contributed by atoms with E-state index in [-0.39, 0.29) is 10.8 Å². The second-order valence-corrected chi connectivity index (χ2v) is 12.0. The van der Waals surface area contributed by atoms with Gasteiger partial charge in [0.25, 0.3) is 0 Å². The molecule has 2 heterocycles. The van der Waals surface area contributed by atoms with Crippen LogP contribution in [0.4, 0.5) is 5.13 Å². The van der Waals surface area contributed by atoms with E-state index in [1.54, 1.807) is 25.3 Å². The molecule has 2 aromatic heterocycles. The number of thiazole rings is 2. The van der Waals surface area contributed by atoms with Crippen molar-refractivity contribution >= 4 is 64.2 Å². The van der Waals surface area contributed by atoms with E-state index in [1.807, 2.05) is 32.9 Å². The van der Waals surface area contributed by atoms with Gasteiger partial charge in [-0.15, -0.1) is 11.3 Å². The lowest BCUT2D eigenvalue weighted by Gasteiger charge is -2.19. The molecule has 33 heavy (non-hydrogen) atoms. The Morgan fingerprint density at radius 1 is 1.06 bits per heavy atom. The highest BCUT2D eigenvalue weighted by Gasteiger charge is 2.27. The zero-order valence-corrected chi connectivity index (χ0v) is 21.0. The molecule has 0 aliphatic heterocycles. The molecule has 4 rings (SSSR count). The van der Waals surface area contributed by atoms with E-state index < -0.39 is 22.0 Å². The van der Waals surface area contributed by atoms with Crippen molar-refractivity contribution in [2.45, 2.75) is 38.1 Å². The molecule has 1 amide bonds. The van der Waals surface area contributed by atoms with Gasteiger partial charge in [0, 0.05) is 0 Å². The Kier molecular flexibility index (Phi) is 6.66. The number of methoxy groups -OCH3 is 1. The zero-order chi connectivity index (χ0) is 23.8. The smallest absolute Gasteiger partial charge is 0.244 e. The van der Waals surface area contributed by atoms with Gasteiger partial charge in [0.2, 0.25) is 15.9 Å². The van der Waals surface area contributed by atoms with Crippen LogP contribution in [0.25, 0.3) is 20.4 Å². The number of nitrogens with one attached hydrogen (secondary N) is 2. The number of aryl methyl sites for hydroxylation is 1. The van der Waals surface area contributed by atoms with Crippen LogP contribution in [0.5, 0.6) is 5.75 Å². The number of rotatable bonds is 8.